The maximum Gasteiger partial charge on any atom is 0.0540 e. The topological polar surface area (TPSA) is 6.48 Å². The van der Waals surface area contributed by atoms with Crippen LogP contribution >= 0.6 is 0 Å². The molecule has 0 saturated carbocycles. The molecule has 1 aliphatic carbocycles. The van der Waals surface area contributed by atoms with Crippen LogP contribution < -0.4 is 9.80 Å². The molecule has 10 aromatic carbocycles. The molecule has 11 rings (SSSR count). The summed E-state index contributed by atoms with van der Waals surface area (Å²) in [4.78, 5) is 4.83. The maximum absolute atomic E-state index is 2.46. The summed E-state index contributed by atoms with van der Waals surface area (Å²) in [6.45, 7) is 0. The number of hydrogen-bond acceptors (Lipinski definition) is 2. The smallest absolute Gasteiger partial charge is 0.0540 e. The van der Waals surface area contributed by atoms with Gasteiger partial charge in [0.25, 0.3) is 0 Å². The van der Waals surface area contributed by atoms with Crippen LogP contribution in [0.5, 0.6) is 0 Å². The number of para-hydroxylation sites is 3. The van der Waals surface area contributed by atoms with Crippen LogP contribution in [0, 0.1) is 0 Å². The molecule has 0 spiro atoms. The van der Waals surface area contributed by atoms with E-state index in [1.165, 1.54) is 82.4 Å². The van der Waals surface area contributed by atoms with Crippen LogP contribution in [-0.4, -0.2) is 0 Å². The van der Waals surface area contributed by atoms with Crippen molar-refractivity contribution in [3.8, 4) is 22.3 Å². The first kappa shape index (κ1) is 35.5. The fraction of sp³-hybridized carbons (Fsp3) is 0.0345. The lowest BCUT2D eigenvalue weighted by Gasteiger charge is -2.30. The van der Waals surface area contributed by atoms with Crippen LogP contribution in [0.25, 0.3) is 65.3 Å². The molecule has 0 fully saturated rings. The molecule has 60 heavy (non-hydrogen) atoms. The number of nitrogens with zero attached hydrogens (tertiary/aromatic N) is 2. The molecule has 0 atom stereocenters. The van der Waals surface area contributed by atoms with Gasteiger partial charge in [0.1, 0.15) is 0 Å². The molecule has 0 N–H and O–H groups in total. The van der Waals surface area contributed by atoms with Crippen LogP contribution in [0.1, 0.15) is 12.8 Å². The minimum absolute atomic E-state index is 0.990. The Morgan fingerprint density at radius 2 is 0.650 bits per heavy atom. The fourth-order valence-electron chi connectivity index (χ4n) is 9.50. The Hall–Kier alpha value is -7.68. The first-order chi connectivity index (χ1) is 29.8. The molecule has 0 aromatic heterocycles. The Morgan fingerprint density at radius 1 is 0.300 bits per heavy atom. The summed E-state index contributed by atoms with van der Waals surface area (Å²) in [6.07, 6.45) is 8.76. The molecule has 0 radical (unpaired) electrons. The third-order valence-corrected chi connectivity index (χ3v) is 12.1. The van der Waals surface area contributed by atoms with Gasteiger partial charge < -0.3 is 9.80 Å². The van der Waals surface area contributed by atoms with E-state index < -0.39 is 0 Å². The molecule has 0 saturated heterocycles. The van der Waals surface area contributed by atoms with Crippen LogP contribution in [-0.2, 0) is 0 Å². The monoisotopic (exact) mass is 766 g/mol. The Labute approximate surface area is 351 Å². The van der Waals surface area contributed by atoms with Crippen molar-refractivity contribution in [1.29, 1.82) is 0 Å². The van der Waals surface area contributed by atoms with Gasteiger partial charge in [0.05, 0.1) is 11.4 Å². The summed E-state index contributed by atoms with van der Waals surface area (Å²) in [7, 11) is 0. The van der Waals surface area contributed by atoms with Crippen molar-refractivity contribution < 1.29 is 0 Å². The predicted molar refractivity (Wildman–Crippen MR) is 257 cm³/mol. The molecule has 0 amide bonds. The zero-order valence-corrected chi connectivity index (χ0v) is 33.2. The van der Waals surface area contributed by atoms with Gasteiger partial charge in [-0.2, -0.15) is 0 Å². The quantitative estimate of drug-likeness (QED) is 0.142. The van der Waals surface area contributed by atoms with Gasteiger partial charge in [-0.05, 0) is 122 Å². The maximum atomic E-state index is 2.46. The van der Waals surface area contributed by atoms with Crippen LogP contribution in [0.3, 0.4) is 0 Å². The third kappa shape index (κ3) is 6.04. The molecular formula is C58H42N2. The number of fused-ring (bicyclic) bond motifs is 4. The second kappa shape index (κ2) is 15.2. The lowest BCUT2D eigenvalue weighted by Crippen LogP contribution is -2.17. The van der Waals surface area contributed by atoms with E-state index in [9.17, 15) is 0 Å². The van der Waals surface area contributed by atoms with E-state index in [0.29, 0.717) is 0 Å². The number of allylic oxidation sites excluding steroid dienone is 4. The Bertz CT molecular complexity index is 3160. The van der Waals surface area contributed by atoms with Crippen molar-refractivity contribution >= 4 is 71.5 Å². The van der Waals surface area contributed by atoms with Crippen molar-refractivity contribution in [2.45, 2.75) is 12.8 Å². The molecule has 0 bridgehead atoms. The summed E-state index contributed by atoms with van der Waals surface area (Å²) in [5.74, 6) is 0. The average Bonchev–Trinajstić information content (AvgIpc) is 3.33. The highest BCUT2D eigenvalue weighted by Crippen LogP contribution is 2.50. The number of anilines is 5. The lowest BCUT2D eigenvalue weighted by molar-refractivity contribution is 0.919. The zero-order chi connectivity index (χ0) is 39.8. The van der Waals surface area contributed by atoms with Crippen molar-refractivity contribution in [2.24, 2.45) is 0 Å². The normalized spacial score (nSPS) is 12.6. The molecule has 2 nitrogen and oxygen atoms in total. The van der Waals surface area contributed by atoms with Gasteiger partial charge in [-0.1, -0.05) is 176 Å². The highest BCUT2D eigenvalue weighted by Gasteiger charge is 2.24. The molecule has 0 heterocycles. The van der Waals surface area contributed by atoms with E-state index in [1.807, 2.05) is 0 Å². The van der Waals surface area contributed by atoms with E-state index in [4.69, 9.17) is 0 Å². The molecule has 284 valence electrons. The molecule has 1 aliphatic rings. The van der Waals surface area contributed by atoms with E-state index in [-0.39, 0.29) is 0 Å². The van der Waals surface area contributed by atoms with Crippen molar-refractivity contribution in [3.05, 3.63) is 236 Å². The Morgan fingerprint density at radius 3 is 1.05 bits per heavy atom. The molecule has 0 aliphatic heterocycles. The van der Waals surface area contributed by atoms with Gasteiger partial charge in [-0.15, -0.1) is 0 Å². The minimum atomic E-state index is 0.990. The van der Waals surface area contributed by atoms with Crippen molar-refractivity contribution in [2.75, 3.05) is 9.80 Å². The van der Waals surface area contributed by atoms with Crippen LogP contribution in [0.2, 0.25) is 0 Å². The highest BCUT2D eigenvalue weighted by molar-refractivity contribution is 6.26. The van der Waals surface area contributed by atoms with Gasteiger partial charge in [0.2, 0.25) is 0 Å². The number of hydrogen-bond donors (Lipinski definition) is 0. The first-order valence-electron chi connectivity index (χ1n) is 20.9. The Kier molecular flexibility index (Phi) is 9.02. The first-order valence-corrected chi connectivity index (χ1v) is 20.9. The van der Waals surface area contributed by atoms with Crippen molar-refractivity contribution in [1.82, 2.24) is 0 Å². The summed E-state index contributed by atoms with van der Waals surface area (Å²) in [5.41, 5.74) is 12.0. The standard InChI is InChI=1S/C58H42N2/c1-5-21-41(22-6-1)59(42-23-7-2-8-24-42)55-39-37-53(45-29-13-15-31-47(45)55)57-49-33-17-19-35-51(49)58(52-36-20-18-34-50(52)57)54-38-40-56(48-32-16-14-30-46(48)54)60(43-25-9-3-10-26-43)44-27-11-4-12-28-44/h1-11,13-27,29-40H,12,28H2. The third-order valence-electron chi connectivity index (χ3n) is 12.1. The van der Waals surface area contributed by atoms with Gasteiger partial charge in [0.15, 0.2) is 0 Å². The second-order valence-corrected chi connectivity index (χ2v) is 15.5. The van der Waals surface area contributed by atoms with Crippen LogP contribution in [0.15, 0.2) is 236 Å². The SMILES string of the molecule is C1=CCCC(N(c2ccccc2)c2ccc(-c3c4ccccc4c(-c4ccc(N(c5ccccc5)c5ccccc5)c5ccccc45)c4ccccc34)c3ccccc23)=C1. The Balaban J connectivity index is 1.15. The minimum Gasteiger partial charge on any atom is -0.314 e. The lowest BCUT2D eigenvalue weighted by atomic mass is 9.83. The number of benzene rings is 10. The average molecular weight is 767 g/mol. The summed E-state index contributed by atoms with van der Waals surface area (Å²) >= 11 is 0. The van der Waals surface area contributed by atoms with Gasteiger partial charge in [-0.3, -0.25) is 0 Å². The highest BCUT2D eigenvalue weighted by atomic mass is 15.2. The van der Waals surface area contributed by atoms with Gasteiger partial charge in [0, 0.05) is 33.5 Å². The van der Waals surface area contributed by atoms with Gasteiger partial charge >= 0.3 is 0 Å². The molecule has 10 aromatic rings. The van der Waals surface area contributed by atoms with E-state index in [2.05, 4.69) is 240 Å². The summed E-state index contributed by atoms with van der Waals surface area (Å²) in [5, 5.41) is 9.86. The van der Waals surface area contributed by atoms with Crippen LogP contribution in [0.4, 0.5) is 28.4 Å². The zero-order valence-electron chi connectivity index (χ0n) is 33.2. The van der Waals surface area contributed by atoms with E-state index in [0.717, 1.165) is 29.9 Å². The molecule has 2 heteroatoms. The number of rotatable bonds is 8. The van der Waals surface area contributed by atoms with E-state index in [1.54, 1.807) is 0 Å². The summed E-state index contributed by atoms with van der Waals surface area (Å²) < 4.78 is 0. The van der Waals surface area contributed by atoms with E-state index >= 15 is 0 Å². The fourth-order valence-corrected chi connectivity index (χ4v) is 9.50. The molecule has 0 unspecified atom stereocenters. The summed E-state index contributed by atoms with van der Waals surface area (Å²) in [6, 6.07) is 77.5. The molecular weight excluding hydrogens is 725 g/mol. The van der Waals surface area contributed by atoms with Crippen molar-refractivity contribution in [3.63, 3.8) is 0 Å². The predicted octanol–water partition coefficient (Wildman–Crippen LogP) is 16.5. The van der Waals surface area contributed by atoms with Gasteiger partial charge in [-0.25, -0.2) is 0 Å². The second-order valence-electron chi connectivity index (χ2n) is 15.5. The largest absolute Gasteiger partial charge is 0.314 e.